The maximum Gasteiger partial charge on any atom is 0.253 e. The van der Waals surface area contributed by atoms with Crippen molar-refractivity contribution in [1.82, 2.24) is 4.57 Å². The summed E-state index contributed by atoms with van der Waals surface area (Å²) < 4.78 is 1.64. The SMILES string of the molecule is Cc1cc(C2CCC(=O)CC2)cn(C)c1=O. The molecule has 0 saturated heterocycles. The lowest BCUT2D eigenvalue weighted by molar-refractivity contribution is -0.120. The number of nitrogens with zero attached hydrogens (tertiary/aromatic N) is 1. The fourth-order valence-electron chi connectivity index (χ4n) is 2.41. The minimum absolute atomic E-state index is 0.0654. The highest BCUT2D eigenvalue weighted by Gasteiger charge is 2.20. The summed E-state index contributed by atoms with van der Waals surface area (Å²) in [5.41, 5.74) is 2.06. The molecule has 0 aliphatic heterocycles. The van der Waals surface area contributed by atoms with Crippen molar-refractivity contribution < 1.29 is 4.79 Å². The Morgan fingerprint density at radius 2 is 1.88 bits per heavy atom. The fraction of sp³-hybridized carbons (Fsp3) is 0.538. The van der Waals surface area contributed by atoms with Crippen LogP contribution in [0.25, 0.3) is 0 Å². The average Bonchev–Trinajstić information content (AvgIpc) is 2.26. The largest absolute Gasteiger partial charge is 0.318 e. The molecule has 1 fully saturated rings. The summed E-state index contributed by atoms with van der Waals surface area (Å²) in [6.07, 6.45) is 5.14. The van der Waals surface area contributed by atoms with Crippen LogP contribution in [0.5, 0.6) is 0 Å². The van der Waals surface area contributed by atoms with Crippen molar-refractivity contribution in [2.24, 2.45) is 7.05 Å². The van der Waals surface area contributed by atoms with Gasteiger partial charge in [0, 0.05) is 31.6 Å². The van der Waals surface area contributed by atoms with Crippen LogP contribution in [0.1, 0.15) is 42.7 Å². The number of hydrogen-bond acceptors (Lipinski definition) is 2. The van der Waals surface area contributed by atoms with E-state index in [1.807, 2.05) is 19.2 Å². The number of carbonyl (C=O) groups excluding carboxylic acids is 1. The van der Waals surface area contributed by atoms with Crippen LogP contribution in [-0.4, -0.2) is 10.4 Å². The lowest BCUT2D eigenvalue weighted by Gasteiger charge is -2.22. The number of carbonyl (C=O) groups is 1. The minimum Gasteiger partial charge on any atom is -0.318 e. The van der Waals surface area contributed by atoms with Gasteiger partial charge < -0.3 is 4.57 Å². The number of Topliss-reactive ketones (excluding diaryl/α,β-unsaturated/α-hetero) is 1. The van der Waals surface area contributed by atoms with Crippen LogP contribution >= 0.6 is 0 Å². The van der Waals surface area contributed by atoms with Crippen molar-refractivity contribution in [1.29, 1.82) is 0 Å². The highest BCUT2D eigenvalue weighted by atomic mass is 16.1. The van der Waals surface area contributed by atoms with Gasteiger partial charge in [0.15, 0.2) is 0 Å². The van der Waals surface area contributed by atoms with E-state index in [0.29, 0.717) is 24.5 Å². The first kappa shape index (κ1) is 11.1. The monoisotopic (exact) mass is 219 g/mol. The van der Waals surface area contributed by atoms with Gasteiger partial charge in [-0.1, -0.05) is 0 Å². The van der Waals surface area contributed by atoms with E-state index in [-0.39, 0.29) is 5.56 Å². The summed E-state index contributed by atoms with van der Waals surface area (Å²) >= 11 is 0. The average molecular weight is 219 g/mol. The molecular formula is C13H17NO2. The summed E-state index contributed by atoms with van der Waals surface area (Å²) in [4.78, 5) is 22.7. The van der Waals surface area contributed by atoms with Gasteiger partial charge in [0.1, 0.15) is 5.78 Å². The van der Waals surface area contributed by atoms with Gasteiger partial charge in [-0.2, -0.15) is 0 Å². The van der Waals surface area contributed by atoms with Gasteiger partial charge in [-0.25, -0.2) is 0 Å². The molecule has 0 radical (unpaired) electrons. The second-order valence-electron chi connectivity index (χ2n) is 4.69. The predicted molar refractivity (Wildman–Crippen MR) is 62.6 cm³/mol. The van der Waals surface area contributed by atoms with E-state index in [0.717, 1.165) is 18.4 Å². The molecule has 1 saturated carbocycles. The van der Waals surface area contributed by atoms with Crippen molar-refractivity contribution in [3.05, 3.63) is 33.7 Å². The van der Waals surface area contributed by atoms with Crippen LogP contribution in [0.15, 0.2) is 17.1 Å². The maximum absolute atomic E-state index is 11.6. The molecule has 1 aliphatic rings. The third kappa shape index (κ3) is 2.08. The summed E-state index contributed by atoms with van der Waals surface area (Å²) in [5, 5.41) is 0. The Morgan fingerprint density at radius 3 is 2.44 bits per heavy atom. The maximum atomic E-state index is 11.6. The van der Waals surface area contributed by atoms with Gasteiger partial charge in [-0.05, 0) is 37.3 Å². The Balaban J connectivity index is 2.28. The first-order chi connectivity index (χ1) is 7.58. The van der Waals surface area contributed by atoms with Crippen LogP contribution in [-0.2, 0) is 11.8 Å². The molecule has 16 heavy (non-hydrogen) atoms. The Bertz CT molecular complexity index is 437. The summed E-state index contributed by atoms with van der Waals surface area (Å²) in [5.74, 6) is 0.820. The molecule has 3 heteroatoms. The van der Waals surface area contributed by atoms with Crippen LogP contribution < -0.4 is 5.56 Å². The Hall–Kier alpha value is -1.38. The van der Waals surface area contributed by atoms with E-state index in [9.17, 15) is 9.59 Å². The van der Waals surface area contributed by atoms with Crippen LogP contribution in [0.4, 0.5) is 0 Å². The quantitative estimate of drug-likeness (QED) is 0.724. The molecule has 86 valence electrons. The smallest absolute Gasteiger partial charge is 0.253 e. The molecule has 3 nitrogen and oxygen atoms in total. The van der Waals surface area contributed by atoms with E-state index in [2.05, 4.69) is 0 Å². The van der Waals surface area contributed by atoms with Crippen molar-refractivity contribution in [3.63, 3.8) is 0 Å². The van der Waals surface area contributed by atoms with Crippen LogP contribution in [0, 0.1) is 6.92 Å². The van der Waals surface area contributed by atoms with E-state index < -0.39 is 0 Å². The second kappa shape index (κ2) is 4.24. The minimum atomic E-state index is 0.0654. The number of aryl methyl sites for hydroxylation is 2. The summed E-state index contributed by atoms with van der Waals surface area (Å²) in [6, 6.07) is 1.97. The molecule has 1 aromatic rings. The number of aromatic nitrogens is 1. The first-order valence-corrected chi connectivity index (χ1v) is 5.77. The number of rotatable bonds is 1. The Morgan fingerprint density at radius 1 is 1.25 bits per heavy atom. The van der Waals surface area contributed by atoms with Gasteiger partial charge in [-0.15, -0.1) is 0 Å². The first-order valence-electron chi connectivity index (χ1n) is 5.77. The standard InChI is InChI=1S/C13H17NO2/c1-9-7-11(8-14(2)13(9)16)10-3-5-12(15)6-4-10/h7-8,10H,3-6H2,1-2H3. The third-order valence-corrected chi connectivity index (χ3v) is 3.40. The molecule has 0 N–H and O–H groups in total. The second-order valence-corrected chi connectivity index (χ2v) is 4.69. The molecule has 0 amide bonds. The van der Waals surface area contributed by atoms with Crippen LogP contribution in [0.3, 0.4) is 0 Å². The van der Waals surface area contributed by atoms with Crippen molar-refractivity contribution >= 4 is 5.78 Å². The number of hydrogen-bond donors (Lipinski definition) is 0. The zero-order chi connectivity index (χ0) is 11.7. The number of pyridine rings is 1. The van der Waals surface area contributed by atoms with Crippen molar-refractivity contribution in [3.8, 4) is 0 Å². The molecule has 1 aliphatic carbocycles. The lowest BCUT2D eigenvalue weighted by Crippen LogP contribution is -2.21. The lowest BCUT2D eigenvalue weighted by atomic mass is 9.84. The fourth-order valence-corrected chi connectivity index (χ4v) is 2.41. The zero-order valence-electron chi connectivity index (χ0n) is 9.82. The predicted octanol–water partition coefficient (Wildman–Crippen LogP) is 1.92. The van der Waals surface area contributed by atoms with Gasteiger partial charge in [0.25, 0.3) is 5.56 Å². The number of ketones is 1. The van der Waals surface area contributed by atoms with E-state index >= 15 is 0 Å². The van der Waals surface area contributed by atoms with E-state index in [1.54, 1.807) is 11.6 Å². The van der Waals surface area contributed by atoms with Crippen molar-refractivity contribution in [2.75, 3.05) is 0 Å². The van der Waals surface area contributed by atoms with Gasteiger partial charge >= 0.3 is 0 Å². The molecule has 0 bridgehead atoms. The van der Waals surface area contributed by atoms with Crippen molar-refractivity contribution in [2.45, 2.75) is 38.5 Å². The summed E-state index contributed by atoms with van der Waals surface area (Å²) in [7, 11) is 1.78. The molecule has 0 spiro atoms. The normalized spacial score (nSPS) is 17.8. The van der Waals surface area contributed by atoms with Gasteiger partial charge in [0.2, 0.25) is 0 Å². The molecule has 1 heterocycles. The molecule has 0 atom stereocenters. The summed E-state index contributed by atoms with van der Waals surface area (Å²) in [6.45, 7) is 1.85. The molecular weight excluding hydrogens is 202 g/mol. The molecule has 2 rings (SSSR count). The molecule has 0 unspecified atom stereocenters. The van der Waals surface area contributed by atoms with E-state index in [1.165, 1.54) is 5.56 Å². The van der Waals surface area contributed by atoms with Crippen LogP contribution in [0.2, 0.25) is 0 Å². The third-order valence-electron chi connectivity index (χ3n) is 3.40. The topological polar surface area (TPSA) is 39.1 Å². The van der Waals surface area contributed by atoms with E-state index in [4.69, 9.17) is 0 Å². The zero-order valence-corrected chi connectivity index (χ0v) is 9.82. The Kier molecular flexibility index (Phi) is 2.95. The van der Waals surface area contributed by atoms with Gasteiger partial charge in [0.05, 0.1) is 0 Å². The Labute approximate surface area is 95.1 Å². The van der Waals surface area contributed by atoms with Gasteiger partial charge in [-0.3, -0.25) is 9.59 Å². The highest BCUT2D eigenvalue weighted by molar-refractivity contribution is 5.79. The molecule has 1 aromatic heterocycles. The highest BCUT2D eigenvalue weighted by Crippen LogP contribution is 2.30. The molecule has 0 aromatic carbocycles.